The Bertz CT molecular complexity index is 518. The van der Waals surface area contributed by atoms with Crippen LogP contribution in [-0.4, -0.2) is 52.5 Å². The van der Waals surface area contributed by atoms with Gasteiger partial charge in [0.05, 0.1) is 6.61 Å². The minimum absolute atomic E-state index is 0.227. The van der Waals surface area contributed by atoms with Gasteiger partial charge in [0.1, 0.15) is 5.72 Å². The van der Waals surface area contributed by atoms with Gasteiger partial charge < -0.3 is 14.7 Å². The van der Waals surface area contributed by atoms with Crippen LogP contribution in [0.5, 0.6) is 0 Å². The van der Waals surface area contributed by atoms with Gasteiger partial charge in [-0.3, -0.25) is 4.90 Å². The number of ether oxygens (including phenoxy) is 1. The van der Waals surface area contributed by atoms with Gasteiger partial charge in [0.2, 0.25) is 0 Å². The van der Waals surface area contributed by atoms with Crippen LogP contribution < -0.4 is 0 Å². The molecule has 2 aliphatic heterocycles. The summed E-state index contributed by atoms with van der Waals surface area (Å²) in [7, 11) is 0. The van der Waals surface area contributed by atoms with Gasteiger partial charge in [-0.15, -0.1) is 0 Å². The Morgan fingerprint density at radius 1 is 1.33 bits per heavy atom. The first kappa shape index (κ1) is 14.4. The summed E-state index contributed by atoms with van der Waals surface area (Å²) in [4.78, 5) is 15.1. The Kier molecular flexibility index (Phi) is 3.63. The molecular weight excluding hydrogens is 268 g/mol. The fourth-order valence-electron chi connectivity index (χ4n) is 3.41. The lowest BCUT2D eigenvalue weighted by atomic mass is 9.96. The van der Waals surface area contributed by atoms with Crippen molar-refractivity contribution < 1.29 is 14.6 Å². The van der Waals surface area contributed by atoms with Gasteiger partial charge in [-0.2, -0.15) is 0 Å². The van der Waals surface area contributed by atoms with Crippen LogP contribution in [0.3, 0.4) is 0 Å². The van der Waals surface area contributed by atoms with E-state index in [1.165, 1.54) is 10.5 Å². The molecule has 2 atom stereocenters. The van der Waals surface area contributed by atoms with Gasteiger partial charge in [0.25, 0.3) is 0 Å². The summed E-state index contributed by atoms with van der Waals surface area (Å²) in [5, 5.41) is 9.23. The van der Waals surface area contributed by atoms with Gasteiger partial charge in [-0.05, 0) is 19.4 Å². The fraction of sp³-hybridized carbons (Fsp3) is 0.562. The third kappa shape index (κ3) is 2.76. The second kappa shape index (κ2) is 5.31. The van der Waals surface area contributed by atoms with Gasteiger partial charge in [-0.25, -0.2) is 4.79 Å². The standard InChI is InChI=1S/C16H22N2O3/c1-16(2)18(8-12-6-4-3-5-7-12)14-10-17(15(19)20)9-13(14)11-21-16/h3-7,13-14H,8-11H2,1-2H3,(H,19,20)/t13-,14-/m1/s1. The largest absolute Gasteiger partial charge is 0.465 e. The molecule has 0 bridgehead atoms. The molecule has 1 aromatic carbocycles. The molecule has 1 N–H and O–H groups in total. The molecule has 2 heterocycles. The average molecular weight is 290 g/mol. The van der Waals surface area contributed by atoms with E-state index in [0.717, 1.165) is 6.54 Å². The number of likely N-dealkylation sites (tertiary alicyclic amines) is 1. The van der Waals surface area contributed by atoms with E-state index in [1.807, 2.05) is 18.2 Å². The first-order chi connectivity index (χ1) is 9.97. The number of carboxylic acid groups (broad SMARTS) is 1. The third-order valence-electron chi connectivity index (χ3n) is 4.62. The molecule has 3 rings (SSSR count). The molecule has 2 aliphatic rings. The van der Waals surface area contributed by atoms with E-state index in [4.69, 9.17) is 4.74 Å². The van der Waals surface area contributed by atoms with Gasteiger partial charge in [-0.1, -0.05) is 30.3 Å². The van der Waals surface area contributed by atoms with E-state index in [-0.39, 0.29) is 17.7 Å². The van der Waals surface area contributed by atoms with Crippen molar-refractivity contribution in [3.63, 3.8) is 0 Å². The highest BCUT2D eigenvalue weighted by Gasteiger charge is 2.48. The van der Waals surface area contributed by atoms with Gasteiger partial charge in [0.15, 0.2) is 0 Å². The van der Waals surface area contributed by atoms with Crippen molar-refractivity contribution in [1.29, 1.82) is 0 Å². The number of fused-ring (bicyclic) bond motifs is 1. The number of rotatable bonds is 2. The maximum Gasteiger partial charge on any atom is 0.407 e. The Morgan fingerprint density at radius 3 is 2.71 bits per heavy atom. The van der Waals surface area contributed by atoms with Crippen LogP contribution in [0.25, 0.3) is 0 Å². The molecule has 5 nitrogen and oxygen atoms in total. The van der Waals surface area contributed by atoms with Crippen LogP contribution in [0.15, 0.2) is 30.3 Å². The molecule has 0 spiro atoms. The van der Waals surface area contributed by atoms with Gasteiger partial charge >= 0.3 is 6.09 Å². The van der Waals surface area contributed by atoms with E-state index in [0.29, 0.717) is 19.7 Å². The summed E-state index contributed by atoms with van der Waals surface area (Å²) in [6, 6.07) is 10.5. The maximum absolute atomic E-state index is 11.2. The predicted molar refractivity (Wildman–Crippen MR) is 78.9 cm³/mol. The van der Waals surface area contributed by atoms with Crippen molar-refractivity contribution in [1.82, 2.24) is 9.80 Å². The molecule has 1 aromatic rings. The number of benzene rings is 1. The highest BCUT2D eigenvalue weighted by atomic mass is 16.5. The van der Waals surface area contributed by atoms with E-state index >= 15 is 0 Å². The van der Waals surface area contributed by atoms with Crippen molar-refractivity contribution in [2.24, 2.45) is 5.92 Å². The Labute approximate surface area is 125 Å². The van der Waals surface area contributed by atoms with Crippen LogP contribution in [0.1, 0.15) is 19.4 Å². The SMILES string of the molecule is CC1(C)OC[C@H]2CN(C(=O)O)C[C@H]2N1Cc1ccccc1. The van der Waals surface area contributed by atoms with Crippen LogP contribution in [0.4, 0.5) is 4.79 Å². The second-order valence-corrected chi connectivity index (χ2v) is 6.39. The van der Waals surface area contributed by atoms with E-state index < -0.39 is 6.09 Å². The van der Waals surface area contributed by atoms with Crippen LogP contribution in [0, 0.1) is 5.92 Å². The minimum Gasteiger partial charge on any atom is -0.465 e. The normalized spacial score (nSPS) is 28.4. The lowest BCUT2D eigenvalue weighted by Crippen LogP contribution is -2.59. The highest BCUT2D eigenvalue weighted by molar-refractivity contribution is 5.65. The van der Waals surface area contributed by atoms with Crippen molar-refractivity contribution in [2.45, 2.75) is 32.2 Å². The molecule has 2 fully saturated rings. The molecule has 21 heavy (non-hydrogen) atoms. The zero-order valence-electron chi connectivity index (χ0n) is 12.5. The smallest absolute Gasteiger partial charge is 0.407 e. The molecule has 0 unspecified atom stereocenters. The molecule has 0 radical (unpaired) electrons. The summed E-state index contributed by atoms with van der Waals surface area (Å²) >= 11 is 0. The monoisotopic (exact) mass is 290 g/mol. The molecule has 114 valence electrons. The molecule has 0 saturated carbocycles. The molecule has 5 heteroatoms. The van der Waals surface area contributed by atoms with Crippen molar-refractivity contribution in [3.05, 3.63) is 35.9 Å². The third-order valence-corrected chi connectivity index (χ3v) is 4.62. The zero-order valence-corrected chi connectivity index (χ0v) is 12.5. The lowest BCUT2D eigenvalue weighted by Gasteiger charge is -2.48. The molecule has 2 saturated heterocycles. The quantitative estimate of drug-likeness (QED) is 0.907. The second-order valence-electron chi connectivity index (χ2n) is 6.39. The van der Waals surface area contributed by atoms with Gasteiger partial charge in [0, 0.05) is 31.6 Å². The first-order valence-electron chi connectivity index (χ1n) is 7.40. The summed E-state index contributed by atoms with van der Waals surface area (Å²) < 4.78 is 6.00. The van der Waals surface area contributed by atoms with E-state index in [9.17, 15) is 9.90 Å². The summed E-state index contributed by atoms with van der Waals surface area (Å²) in [5.74, 6) is 0.262. The summed E-state index contributed by atoms with van der Waals surface area (Å²) in [6.07, 6.45) is -0.832. The van der Waals surface area contributed by atoms with Crippen LogP contribution >= 0.6 is 0 Å². The zero-order chi connectivity index (χ0) is 15.0. The Morgan fingerprint density at radius 2 is 2.05 bits per heavy atom. The van der Waals surface area contributed by atoms with Crippen LogP contribution in [0.2, 0.25) is 0 Å². The minimum atomic E-state index is -0.832. The summed E-state index contributed by atoms with van der Waals surface area (Å²) in [5.41, 5.74) is 0.856. The van der Waals surface area contributed by atoms with Crippen molar-refractivity contribution in [3.8, 4) is 0 Å². The fourth-order valence-corrected chi connectivity index (χ4v) is 3.41. The Balaban J connectivity index is 1.82. The maximum atomic E-state index is 11.2. The van der Waals surface area contributed by atoms with E-state index in [2.05, 4.69) is 30.9 Å². The highest BCUT2D eigenvalue weighted by Crippen LogP contribution is 2.35. The number of hydrogen-bond acceptors (Lipinski definition) is 3. The number of hydrogen-bond donors (Lipinski definition) is 1. The molecule has 0 aromatic heterocycles. The molecule has 1 amide bonds. The molecule has 0 aliphatic carbocycles. The van der Waals surface area contributed by atoms with Crippen LogP contribution in [-0.2, 0) is 11.3 Å². The number of nitrogens with zero attached hydrogens (tertiary/aromatic N) is 2. The number of carbonyl (C=O) groups is 1. The van der Waals surface area contributed by atoms with Crippen molar-refractivity contribution in [2.75, 3.05) is 19.7 Å². The number of amides is 1. The predicted octanol–water partition coefficient (Wildman–Crippen LogP) is 2.23. The lowest BCUT2D eigenvalue weighted by molar-refractivity contribution is -0.202. The Hall–Kier alpha value is -1.59. The van der Waals surface area contributed by atoms with E-state index in [1.54, 1.807) is 0 Å². The van der Waals surface area contributed by atoms with Crippen molar-refractivity contribution >= 4 is 6.09 Å². The topological polar surface area (TPSA) is 53.0 Å². The molecular formula is C16H22N2O3. The average Bonchev–Trinajstić information content (AvgIpc) is 2.88. The summed E-state index contributed by atoms with van der Waals surface area (Å²) in [6.45, 7) is 6.68. The first-order valence-corrected chi connectivity index (χ1v) is 7.40.